The van der Waals surface area contributed by atoms with E-state index >= 15 is 0 Å². The Labute approximate surface area is 102 Å². The van der Waals surface area contributed by atoms with E-state index in [9.17, 15) is 0 Å². The maximum absolute atomic E-state index is 2.52. The van der Waals surface area contributed by atoms with Crippen LogP contribution in [-0.2, 0) is 0 Å². The zero-order valence-corrected chi connectivity index (χ0v) is 12.3. The Hall–Kier alpha value is 0.167. The van der Waals surface area contributed by atoms with Gasteiger partial charge < -0.3 is 0 Å². The summed E-state index contributed by atoms with van der Waals surface area (Å²) in [6, 6.07) is 15.4. The molecule has 0 N–H and O–H groups in total. The lowest BCUT2D eigenvalue weighted by atomic mass is 10.4. The Balaban J connectivity index is 2.98. The van der Waals surface area contributed by atoms with Crippen molar-refractivity contribution in [3.63, 3.8) is 0 Å². The van der Waals surface area contributed by atoms with Crippen molar-refractivity contribution in [3.8, 4) is 0 Å². The Bertz CT molecular complexity index is 254. The van der Waals surface area contributed by atoms with E-state index in [-0.39, 0.29) is 0 Å². The maximum atomic E-state index is 2.52. The van der Waals surface area contributed by atoms with Crippen molar-refractivity contribution in [1.29, 1.82) is 0 Å². The second-order valence-electron chi connectivity index (χ2n) is 3.79. The number of halogens is 1. The van der Waals surface area contributed by atoms with E-state index in [1.165, 1.54) is 22.6 Å². The Kier molecular flexibility index (Phi) is 5.16. The molecule has 14 heavy (non-hydrogen) atoms. The van der Waals surface area contributed by atoms with Gasteiger partial charge in [-0.05, 0) is 10.5 Å². The van der Waals surface area contributed by atoms with Crippen molar-refractivity contribution < 1.29 is 0 Å². The van der Waals surface area contributed by atoms with Crippen LogP contribution in [0.1, 0.15) is 13.8 Å². The molecule has 0 bridgehead atoms. The summed E-state index contributed by atoms with van der Waals surface area (Å²) >= 11 is 2.52. The van der Waals surface area contributed by atoms with Crippen LogP contribution in [0.15, 0.2) is 30.3 Å². The SMILES string of the molecule is CC[Si](CC)(CCI)c1ccccc1. The van der Waals surface area contributed by atoms with Crippen molar-refractivity contribution in [2.24, 2.45) is 0 Å². The molecule has 0 saturated heterocycles. The van der Waals surface area contributed by atoms with Crippen LogP contribution in [-0.4, -0.2) is 12.5 Å². The first kappa shape index (κ1) is 12.2. The van der Waals surface area contributed by atoms with Crippen LogP contribution in [0.4, 0.5) is 0 Å². The zero-order valence-electron chi connectivity index (χ0n) is 9.09. The van der Waals surface area contributed by atoms with Gasteiger partial charge in [0.1, 0.15) is 0 Å². The number of hydrogen-bond acceptors (Lipinski definition) is 0. The highest BCUT2D eigenvalue weighted by molar-refractivity contribution is 14.1. The van der Waals surface area contributed by atoms with Crippen LogP contribution < -0.4 is 5.19 Å². The van der Waals surface area contributed by atoms with E-state index in [1.54, 1.807) is 5.19 Å². The van der Waals surface area contributed by atoms with Crippen LogP contribution in [0.2, 0.25) is 18.1 Å². The highest BCUT2D eigenvalue weighted by Gasteiger charge is 2.29. The molecule has 0 saturated carbocycles. The van der Waals surface area contributed by atoms with Gasteiger partial charge in [-0.15, -0.1) is 0 Å². The summed E-state index contributed by atoms with van der Waals surface area (Å²) in [5.74, 6) is 0. The van der Waals surface area contributed by atoms with Crippen molar-refractivity contribution in [1.82, 2.24) is 0 Å². The van der Waals surface area contributed by atoms with Crippen molar-refractivity contribution in [3.05, 3.63) is 30.3 Å². The van der Waals surface area contributed by atoms with Gasteiger partial charge in [-0.2, -0.15) is 0 Å². The van der Waals surface area contributed by atoms with Crippen LogP contribution in [0.25, 0.3) is 0 Å². The third kappa shape index (κ3) is 2.60. The van der Waals surface area contributed by atoms with Crippen LogP contribution in [0.3, 0.4) is 0 Å². The minimum absolute atomic E-state index is 1.13. The number of rotatable bonds is 5. The molecule has 0 aliphatic heterocycles. The lowest BCUT2D eigenvalue weighted by molar-refractivity contribution is 1.21. The fourth-order valence-corrected chi connectivity index (χ4v) is 8.80. The van der Waals surface area contributed by atoms with Gasteiger partial charge in [0.05, 0.1) is 8.07 Å². The summed E-state index contributed by atoms with van der Waals surface area (Å²) in [6.45, 7) is 4.74. The molecule has 0 unspecified atom stereocenters. The van der Waals surface area contributed by atoms with E-state index in [0.29, 0.717) is 0 Å². The van der Waals surface area contributed by atoms with E-state index in [2.05, 4.69) is 66.8 Å². The van der Waals surface area contributed by atoms with Crippen LogP contribution >= 0.6 is 22.6 Å². The van der Waals surface area contributed by atoms with Gasteiger partial charge >= 0.3 is 0 Å². The lowest BCUT2D eigenvalue weighted by Gasteiger charge is -2.29. The van der Waals surface area contributed by atoms with E-state index in [1.807, 2.05) is 0 Å². The number of alkyl halides is 1. The minimum Gasteiger partial charge on any atom is -0.0867 e. The molecule has 1 rings (SSSR count). The molecular formula is C12H19ISi. The first-order chi connectivity index (χ1) is 6.79. The highest BCUT2D eigenvalue weighted by Crippen LogP contribution is 2.21. The van der Waals surface area contributed by atoms with Crippen molar-refractivity contribution >= 4 is 35.9 Å². The van der Waals surface area contributed by atoms with Crippen LogP contribution in [0, 0.1) is 0 Å². The van der Waals surface area contributed by atoms with E-state index < -0.39 is 8.07 Å². The quantitative estimate of drug-likeness (QED) is 0.440. The molecule has 0 aromatic heterocycles. The van der Waals surface area contributed by atoms with E-state index in [4.69, 9.17) is 0 Å². The molecule has 0 radical (unpaired) electrons. The fraction of sp³-hybridized carbons (Fsp3) is 0.500. The molecule has 78 valence electrons. The van der Waals surface area contributed by atoms with E-state index in [0.717, 1.165) is 0 Å². The Morgan fingerprint density at radius 1 is 1.07 bits per heavy atom. The maximum Gasteiger partial charge on any atom is 0.0869 e. The van der Waals surface area contributed by atoms with Crippen molar-refractivity contribution in [2.75, 3.05) is 4.43 Å². The zero-order chi connectivity index (χ0) is 10.4. The smallest absolute Gasteiger partial charge is 0.0867 e. The average molecular weight is 318 g/mol. The second-order valence-corrected chi connectivity index (χ2v) is 9.92. The Morgan fingerprint density at radius 3 is 2.07 bits per heavy atom. The van der Waals surface area contributed by atoms with Gasteiger partial charge in [0.15, 0.2) is 0 Å². The number of benzene rings is 1. The first-order valence-electron chi connectivity index (χ1n) is 5.40. The lowest BCUT2D eigenvalue weighted by Crippen LogP contribution is -2.46. The van der Waals surface area contributed by atoms with Gasteiger partial charge in [-0.3, -0.25) is 0 Å². The summed E-state index contributed by atoms with van der Waals surface area (Å²) < 4.78 is 1.31. The standard InChI is InChI=1S/C12H19ISi/c1-3-14(4-2,11-10-13)12-8-6-5-7-9-12/h5-9H,3-4,10-11H2,1-2H3. The molecular weight excluding hydrogens is 299 g/mol. The topological polar surface area (TPSA) is 0 Å². The molecule has 1 aromatic rings. The molecule has 0 aliphatic carbocycles. The predicted octanol–water partition coefficient (Wildman–Crippen LogP) is 3.82. The molecule has 0 amide bonds. The fourth-order valence-electron chi connectivity index (χ4n) is 2.13. The second kappa shape index (κ2) is 5.91. The molecule has 0 heterocycles. The molecule has 0 aliphatic rings. The molecule has 0 fully saturated rings. The molecule has 2 heteroatoms. The molecule has 0 atom stereocenters. The minimum atomic E-state index is -1.13. The third-order valence-electron chi connectivity index (χ3n) is 3.31. The van der Waals surface area contributed by atoms with Crippen molar-refractivity contribution in [2.45, 2.75) is 32.0 Å². The summed E-state index contributed by atoms with van der Waals surface area (Å²) in [5.41, 5.74) is 0. The third-order valence-corrected chi connectivity index (χ3v) is 10.3. The highest BCUT2D eigenvalue weighted by atomic mass is 127. The predicted molar refractivity (Wildman–Crippen MR) is 76.5 cm³/mol. The molecule has 1 aromatic carbocycles. The Morgan fingerprint density at radius 2 is 1.64 bits per heavy atom. The van der Waals surface area contributed by atoms with Gasteiger partial charge in [0.25, 0.3) is 0 Å². The number of hydrogen-bond donors (Lipinski definition) is 0. The summed E-state index contributed by atoms with van der Waals surface area (Å²) in [7, 11) is -1.13. The van der Waals surface area contributed by atoms with Crippen LogP contribution in [0.5, 0.6) is 0 Å². The van der Waals surface area contributed by atoms with Gasteiger partial charge in [0, 0.05) is 0 Å². The molecule has 0 spiro atoms. The average Bonchev–Trinajstić information content (AvgIpc) is 2.27. The summed E-state index contributed by atoms with van der Waals surface area (Å²) in [5, 5.41) is 1.65. The summed E-state index contributed by atoms with van der Waals surface area (Å²) in [4.78, 5) is 0. The monoisotopic (exact) mass is 318 g/mol. The molecule has 0 nitrogen and oxygen atoms in total. The largest absolute Gasteiger partial charge is 0.0869 e. The first-order valence-corrected chi connectivity index (χ1v) is 9.55. The van der Waals surface area contributed by atoms with Gasteiger partial charge in [-0.25, -0.2) is 0 Å². The van der Waals surface area contributed by atoms with Gasteiger partial charge in [0.2, 0.25) is 0 Å². The van der Waals surface area contributed by atoms with Gasteiger partial charge in [-0.1, -0.05) is 84.0 Å². The normalized spacial score (nSPS) is 11.6. The summed E-state index contributed by atoms with van der Waals surface area (Å²) in [6.07, 6.45) is 0.